The normalized spacial score (nSPS) is 17.5. The van der Waals surface area contributed by atoms with E-state index in [-0.39, 0.29) is 11.3 Å². The Hall–Kier alpha value is -1.87. The lowest BCUT2D eigenvalue weighted by Gasteiger charge is -2.36. The van der Waals surface area contributed by atoms with Gasteiger partial charge in [0.15, 0.2) is 6.23 Å². The summed E-state index contributed by atoms with van der Waals surface area (Å²) in [5.41, 5.74) is 1.90. The van der Waals surface area contributed by atoms with Gasteiger partial charge in [-0.15, -0.1) is 11.3 Å². The Kier molecular flexibility index (Phi) is 10.9. The van der Waals surface area contributed by atoms with Crippen molar-refractivity contribution in [3.8, 4) is 16.3 Å². The summed E-state index contributed by atoms with van der Waals surface area (Å²) in [5, 5.41) is 7.03. The minimum absolute atomic E-state index is 0.0844. The van der Waals surface area contributed by atoms with Crippen LogP contribution in [0.4, 0.5) is 0 Å². The molecule has 1 saturated heterocycles. The van der Waals surface area contributed by atoms with E-state index in [0.717, 1.165) is 64.4 Å². The van der Waals surface area contributed by atoms with E-state index in [1.54, 1.807) is 18.3 Å². The lowest BCUT2D eigenvalue weighted by molar-refractivity contribution is -0.0365. The highest BCUT2D eigenvalue weighted by Gasteiger charge is 2.39. The Labute approximate surface area is 254 Å². The van der Waals surface area contributed by atoms with Crippen LogP contribution in [0.3, 0.4) is 0 Å². The summed E-state index contributed by atoms with van der Waals surface area (Å²) in [6, 6.07) is 6.28. The van der Waals surface area contributed by atoms with Gasteiger partial charge in [0.05, 0.1) is 42.6 Å². The molecule has 0 amide bonds. The van der Waals surface area contributed by atoms with Gasteiger partial charge in [0, 0.05) is 24.8 Å². The van der Waals surface area contributed by atoms with E-state index in [2.05, 4.69) is 57.0 Å². The highest BCUT2D eigenvalue weighted by molar-refractivity contribution is 7.86. The van der Waals surface area contributed by atoms with Crippen molar-refractivity contribution in [2.75, 3.05) is 32.7 Å². The SMILES string of the molecule is CC(CCOCCOCc1ncc(-c2nn(C3CCCCO3)c3ccc(O[Si](C)(C)C(C)(C)C)cc23)s1)OS(C)(=O)=O. The second-order valence-corrected chi connectivity index (χ2v) is 19.8. The molecule has 1 aliphatic heterocycles. The monoisotopic (exact) mass is 639 g/mol. The first kappa shape index (κ1) is 33.0. The van der Waals surface area contributed by atoms with Gasteiger partial charge in [-0.05, 0) is 68.9 Å². The van der Waals surface area contributed by atoms with Crippen LogP contribution in [0, 0.1) is 0 Å². The third kappa shape index (κ3) is 8.83. The fourth-order valence-electron chi connectivity index (χ4n) is 4.41. The molecule has 10 nitrogen and oxygen atoms in total. The van der Waals surface area contributed by atoms with Crippen LogP contribution in [0.1, 0.15) is 64.6 Å². The summed E-state index contributed by atoms with van der Waals surface area (Å²) in [6.45, 7) is 15.3. The van der Waals surface area contributed by atoms with Crippen molar-refractivity contribution in [2.24, 2.45) is 0 Å². The van der Waals surface area contributed by atoms with Crippen LogP contribution < -0.4 is 4.43 Å². The van der Waals surface area contributed by atoms with Crippen LogP contribution in [0.2, 0.25) is 18.1 Å². The summed E-state index contributed by atoms with van der Waals surface area (Å²) < 4.78 is 53.4. The Morgan fingerprint density at radius 2 is 1.93 bits per heavy atom. The average Bonchev–Trinajstić information content (AvgIpc) is 3.51. The lowest BCUT2D eigenvalue weighted by atomic mass is 10.1. The van der Waals surface area contributed by atoms with Crippen LogP contribution in [0.5, 0.6) is 5.75 Å². The number of ether oxygens (including phenoxy) is 3. The van der Waals surface area contributed by atoms with Gasteiger partial charge in [-0.1, -0.05) is 20.8 Å². The largest absolute Gasteiger partial charge is 0.543 e. The van der Waals surface area contributed by atoms with E-state index in [1.807, 2.05) is 10.9 Å². The molecule has 42 heavy (non-hydrogen) atoms. The second-order valence-electron chi connectivity index (χ2n) is 12.3. The van der Waals surface area contributed by atoms with Crippen molar-refractivity contribution < 1.29 is 31.2 Å². The molecule has 234 valence electrons. The molecule has 3 heterocycles. The van der Waals surface area contributed by atoms with Crippen LogP contribution in [-0.4, -0.2) is 70.3 Å². The molecule has 1 fully saturated rings. The van der Waals surface area contributed by atoms with Crippen LogP contribution in [-0.2, 0) is 35.1 Å². The molecule has 0 radical (unpaired) electrons. The van der Waals surface area contributed by atoms with Gasteiger partial charge in [-0.3, -0.25) is 4.18 Å². The van der Waals surface area contributed by atoms with E-state index < -0.39 is 24.5 Å². The summed E-state index contributed by atoms with van der Waals surface area (Å²) >= 11 is 1.56. The first-order chi connectivity index (χ1) is 19.7. The summed E-state index contributed by atoms with van der Waals surface area (Å²) in [5.74, 6) is 0.866. The van der Waals surface area contributed by atoms with Gasteiger partial charge in [0.1, 0.15) is 16.5 Å². The zero-order valence-corrected chi connectivity index (χ0v) is 28.5. The molecule has 0 aliphatic carbocycles. The summed E-state index contributed by atoms with van der Waals surface area (Å²) in [6.07, 6.45) is 6.01. The van der Waals surface area contributed by atoms with Crippen LogP contribution >= 0.6 is 11.3 Å². The predicted octanol–water partition coefficient (Wildman–Crippen LogP) is 6.53. The second kappa shape index (κ2) is 13.8. The van der Waals surface area contributed by atoms with Crippen molar-refractivity contribution in [3.05, 3.63) is 29.4 Å². The molecular weight excluding hydrogens is 595 g/mol. The number of thiazole rings is 1. The minimum atomic E-state index is -3.46. The van der Waals surface area contributed by atoms with Gasteiger partial charge < -0.3 is 18.6 Å². The third-order valence-corrected chi connectivity index (χ3v) is 13.7. The standard InChI is InChI=1S/C29H45N3O7S2Si/c1-21(38-41(5,33)34)13-15-35-16-17-36-20-26-30-19-25(40-26)28-23-18-22(39-42(6,7)29(2,3)4)11-12-24(23)32(31-28)27-10-8-9-14-37-27/h11-12,18-19,21,27H,8-10,13-17,20H2,1-7H3. The number of fused-ring (bicyclic) bond motifs is 1. The van der Waals surface area contributed by atoms with Crippen molar-refractivity contribution in [1.29, 1.82) is 0 Å². The highest BCUT2D eigenvalue weighted by Crippen LogP contribution is 2.40. The molecule has 13 heteroatoms. The van der Waals surface area contributed by atoms with E-state index in [4.69, 9.17) is 27.9 Å². The first-order valence-electron chi connectivity index (χ1n) is 14.6. The van der Waals surface area contributed by atoms with Crippen molar-refractivity contribution >= 4 is 40.7 Å². The number of hydrogen-bond acceptors (Lipinski definition) is 10. The first-order valence-corrected chi connectivity index (χ1v) is 20.1. The van der Waals surface area contributed by atoms with Crippen LogP contribution in [0.15, 0.2) is 24.4 Å². The van der Waals surface area contributed by atoms with Gasteiger partial charge in [0.2, 0.25) is 8.32 Å². The Balaban J connectivity index is 1.43. The van der Waals surface area contributed by atoms with Gasteiger partial charge in [-0.2, -0.15) is 13.5 Å². The number of benzene rings is 1. The van der Waals surface area contributed by atoms with E-state index in [9.17, 15) is 8.42 Å². The highest BCUT2D eigenvalue weighted by atomic mass is 32.2. The molecule has 1 aliphatic rings. The maximum Gasteiger partial charge on any atom is 0.264 e. The average molecular weight is 640 g/mol. The minimum Gasteiger partial charge on any atom is -0.543 e. The Morgan fingerprint density at radius 3 is 2.62 bits per heavy atom. The molecule has 2 aromatic heterocycles. The molecule has 2 atom stereocenters. The number of nitrogens with zero attached hydrogens (tertiary/aromatic N) is 3. The quantitative estimate of drug-likeness (QED) is 0.110. The maximum atomic E-state index is 11.2. The Morgan fingerprint density at radius 1 is 1.17 bits per heavy atom. The summed E-state index contributed by atoms with van der Waals surface area (Å²) in [4.78, 5) is 5.57. The predicted molar refractivity (Wildman–Crippen MR) is 168 cm³/mol. The van der Waals surface area contributed by atoms with Gasteiger partial charge in [0.25, 0.3) is 10.1 Å². The van der Waals surface area contributed by atoms with E-state index in [0.29, 0.717) is 32.8 Å². The zero-order chi connectivity index (χ0) is 30.5. The molecule has 0 N–H and O–H groups in total. The van der Waals surface area contributed by atoms with Crippen molar-refractivity contribution in [2.45, 2.75) is 90.4 Å². The molecule has 0 bridgehead atoms. The number of hydrogen-bond donors (Lipinski definition) is 0. The Bertz CT molecular complexity index is 1430. The molecule has 4 rings (SSSR count). The third-order valence-electron chi connectivity index (χ3n) is 7.68. The fraction of sp³-hybridized carbons (Fsp3) is 0.655. The van der Waals surface area contributed by atoms with E-state index >= 15 is 0 Å². The topological polar surface area (TPSA) is 111 Å². The van der Waals surface area contributed by atoms with E-state index in [1.165, 1.54) is 0 Å². The summed E-state index contributed by atoms with van der Waals surface area (Å²) in [7, 11) is -5.47. The molecule has 2 unspecified atom stereocenters. The number of rotatable bonds is 14. The maximum absolute atomic E-state index is 11.2. The molecule has 0 spiro atoms. The van der Waals surface area contributed by atoms with Crippen molar-refractivity contribution in [1.82, 2.24) is 14.8 Å². The smallest absolute Gasteiger partial charge is 0.264 e. The van der Waals surface area contributed by atoms with Gasteiger partial charge in [-0.25, -0.2) is 9.67 Å². The number of aromatic nitrogens is 3. The zero-order valence-electron chi connectivity index (χ0n) is 25.8. The molecule has 0 saturated carbocycles. The molecular formula is C29H45N3O7S2Si. The fourth-order valence-corrected chi connectivity index (χ4v) is 6.98. The van der Waals surface area contributed by atoms with Crippen LogP contribution in [0.25, 0.3) is 21.5 Å². The van der Waals surface area contributed by atoms with Gasteiger partial charge >= 0.3 is 0 Å². The molecule has 1 aromatic carbocycles. The molecule has 3 aromatic rings. The van der Waals surface area contributed by atoms with Crippen molar-refractivity contribution in [3.63, 3.8) is 0 Å². The lowest BCUT2D eigenvalue weighted by Crippen LogP contribution is -2.43.